The van der Waals surface area contributed by atoms with Crippen molar-refractivity contribution in [3.63, 3.8) is 0 Å². The van der Waals surface area contributed by atoms with Crippen molar-refractivity contribution in [3.8, 4) is 5.75 Å². The van der Waals surface area contributed by atoms with E-state index in [1.807, 2.05) is 25.1 Å². The zero-order valence-electron chi connectivity index (χ0n) is 12.1. The van der Waals surface area contributed by atoms with E-state index in [-0.39, 0.29) is 6.04 Å². The van der Waals surface area contributed by atoms with Gasteiger partial charge in [-0.25, -0.2) is 0 Å². The van der Waals surface area contributed by atoms with Crippen LogP contribution >= 0.6 is 15.9 Å². The molecule has 0 fully saturated rings. The second-order valence-electron chi connectivity index (χ2n) is 5.37. The lowest BCUT2D eigenvalue weighted by Gasteiger charge is -2.26. The number of para-hydroxylation sites is 1. The third-order valence-corrected chi connectivity index (χ3v) is 4.27. The minimum absolute atomic E-state index is 0.00696. The molecule has 0 saturated carbocycles. The summed E-state index contributed by atoms with van der Waals surface area (Å²) in [5, 5.41) is 0. The molecular weight excluding hydrogens is 328 g/mol. The smallest absolute Gasteiger partial charge is 0.124 e. The van der Waals surface area contributed by atoms with Crippen LogP contribution in [0.4, 0.5) is 5.69 Å². The average Bonchev–Trinajstić information content (AvgIpc) is 2.68. The number of nitrogens with two attached hydrogens (primary N) is 1. The summed E-state index contributed by atoms with van der Waals surface area (Å²) in [5.74, 6) is 0.984. The van der Waals surface area contributed by atoms with Gasteiger partial charge >= 0.3 is 0 Å². The van der Waals surface area contributed by atoms with Gasteiger partial charge < -0.3 is 15.4 Å². The van der Waals surface area contributed by atoms with Crippen LogP contribution in [-0.4, -0.2) is 13.2 Å². The van der Waals surface area contributed by atoms with Gasteiger partial charge in [0, 0.05) is 28.3 Å². The molecule has 0 bridgehead atoms. The normalized spacial score (nSPS) is 15.9. The number of nitrogens with zero attached hydrogens (tertiary/aromatic N) is 1. The van der Waals surface area contributed by atoms with Gasteiger partial charge in [0.25, 0.3) is 0 Å². The highest BCUT2D eigenvalue weighted by atomic mass is 79.9. The number of hydrogen-bond donors (Lipinski definition) is 1. The van der Waals surface area contributed by atoms with E-state index in [4.69, 9.17) is 10.5 Å². The molecule has 1 aliphatic heterocycles. The van der Waals surface area contributed by atoms with Gasteiger partial charge in [0.2, 0.25) is 0 Å². The molecule has 1 unspecified atom stereocenters. The second kappa shape index (κ2) is 6.08. The molecule has 0 radical (unpaired) electrons. The van der Waals surface area contributed by atoms with E-state index in [1.54, 1.807) is 0 Å². The Labute approximate surface area is 133 Å². The molecule has 0 aliphatic carbocycles. The number of hydrogen-bond acceptors (Lipinski definition) is 3. The fourth-order valence-electron chi connectivity index (χ4n) is 2.71. The Hall–Kier alpha value is -1.52. The van der Waals surface area contributed by atoms with Crippen LogP contribution in [-0.2, 0) is 6.54 Å². The number of anilines is 1. The minimum atomic E-state index is 0.00696. The highest BCUT2D eigenvalue weighted by molar-refractivity contribution is 9.10. The first-order valence-electron chi connectivity index (χ1n) is 7.16. The summed E-state index contributed by atoms with van der Waals surface area (Å²) in [6.07, 6.45) is 0. The SMILES string of the molecule is CC(N)c1ccc(Br)cc1N1CCOc2ccccc2C1. The Morgan fingerprint density at radius 1 is 1.24 bits per heavy atom. The summed E-state index contributed by atoms with van der Waals surface area (Å²) in [6, 6.07) is 14.5. The van der Waals surface area contributed by atoms with Crippen molar-refractivity contribution in [2.75, 3.05) is 18.1 Å². The molecule has 2 aromatic carbocycles. The van der Waals surface area contributed by atoms with Crippen molar-refractivity contribution < 1.29 is 4.74 Å². The monoisotopic (exact) mass is 346 g/mol. The van der Waals surface area contributed by atoms with E-state index in [0.717, 1.165) is 28.9 Å². The molecule has 2 N–H and O–H groups in total. The molecule has 1 heterocycles. The van der Waals surface area contributed by atoms with E-state index in [2.05, 4.69) is 45.1 Å². The summed E-state index contributed by atoms with van der Waals surface area (Å²) in [7, 11) is 0. The lowest BCUT2D eigenvalue weighted by Crippen LogP contribution is -2.27. The Bertz CT molecular complexity index is 642. The van der Waals surface area contributed by atoms with Gasteiger partial charge in [-0.05, 0) is 30.7 Å². The van der Waals surface area contributed by atoms with Crippen LogP contribution in [0.5, 0.6) is 5.75 Å². The second-order valence-corrected chi connectivity index (χ2v) is 6.29. The topological polar surface area (TPSA) is 38.5 Å². The molecule has 3 rings (SSSR count). The molecule has 2 aromatic rings. The van der Waals surface area contributed by atoms with Crippen LogP contribution in [0, 0.1) is 0 Å². The zero-order chi connectivity index (χ0) is 14.8. The minimum Gasteiger partial charge on any atom is -0.491 e. The standard InChI is InChI=1S/C17H19BrN2O/c1-12(19)15-7-6-14(18)10-16(15)20-8-9-21-17-5-3-2-4-13(17)11-20/h2-7,10,12H,8-9,11,19H2,1H3. The first-order chi connectivity index (χ1) is 10.1. The molecule has 0 saturated heterocycles. The van der Waals surface area contributed by atoms with Crippen LogP contribution in [0.15, 0.2) is 46.9 Å². The lowest BCUT2D eigenvalue weighted by molar-refractivity contribution is 0.331. The van der Waals surface area contributed by atoms with Gasteiger partial charge in [-0.2, -0.15) is 0 Å². The van der Waals surface area contributed by atoms with Crippen LogP contribution in [0.3, 0.4) is 0 Å². The van der Waals surface area contributed by atoms with Gasteiger partial charge in [0.05, 0.1) is 6.54 Å². The van der Waals surface area contributed by atoms with E-state index < -0.39 is 0 Å². The number of fused-ring (bicyclic) bond motifs is 1. The summed E-state index contributed by atoms with van der Waals surface area (Å²) in [4.78, 5) is 2.34. The average molecular weight is 347 g/mol. The molecule has 0 amide bonds. The van der Waals surface area contributed by atoms with Crippen molar-refractivity contribution >= 4 is 21.6 Å². The molecule has 0 aromatic heterocycles. The Kier molecular flexibility index (Phi) is 4.17. The summed E-state index contributed by atoms with van der Waals surface area (Å²) >= 11 is 3.56. The Morgan fingerprint density at radius 2 is 2.05 bits per heavy atom. The van der Waals surface area contributed by atoms with Crippen molar-refractivity contribution in [3.05, 3.63) is 58.1 Å². The van der Waals surface area contributed by atoms with Crippen LogP contribution in [0.2, 0.25) is 0 Å². The molecular formula is C17H19BrN2O. The van der Waals surface area contributed by atoms with Crippen molar-refractivity contribution in [1.82, 2.24) is 0 Å². The molecule has 1 atom stereocenters. The van der Waals surface area contributed by atoms with Crippen molar-refractivity contribution in [2.45, 2.75) is 19.5 Å². The van der Waals surface area contributed by atoms with E-state index in [9.17, 15) is 0 Å². The van der Waals surface area contributed by atoms with Gasteiger partial charge in [0.1, 0.15) is 12.4 Å². The third kappa shape index (κ3) is 3.06. The first kappa shape index (κ1) is 14.4. The summed E-state index contributed by atoms with van der Waals surface area (Å²) < 4.78 is 6.92. The molecule has 110 valence electrons. The fraction of sp³-hybridized carbons (Fsp3) is 0.294. The van der Waals surface area contributed by atoms with Gasteiger partial charge in [0.15, 0.2) is 0 Å². The molecule has 4 heteroatoms. The first-order valence-corrected chi connectivity index (χ1v) is 7.95. The summed E-state index contributed by atoms with van der Waals surface area (Å²) in [5.41, 5.74) is 9.69. The fourth-order valence-corrected chi connectivity index (χ4v) is 3.06. The lowest BCUT2D eigenvalue weighted by atomic mass is 10.1. The predicted octanol–water partition coefficient (Wildman–Crippen LogP) is 3.87. The molecule has 21 heavy (non-hydrogen) atoms. The highest BCUT2D eigenvalue weighted by Crippen LogP contribution is 2.32. The maximum absolute atomic E-state index is 6.13. The van der Waals surface area contributed by atoms with E-state index in [1.165, 1.54) is 11.3 Å². The number of ether oxygens (including phenoxy) is 1. The van der Waals surface area contributed by atoms with Crippen molar-refractivity contribution in [1.29, 1.82) is 0 Å². The molecule has 1 aliphatic rings. The Balaban J connectivity index is 1.99. The Morgan fingerprint density at radius 3 is 2.86 bits per heavy atom. The van der Waals surface area contributed by atoms with Crippen LogP contribution in [0.25, 0.3) is 0 Å². The third-order valence-electron chi connectivity index (χ3n) is 3.78. The largest absolute Gasteiger partial charge is 0.491 e. The van der Waals surface area contributed by atoms with E-state index >= 15 is 0 Å². The van der Waals surface area contributed by atoms with Gasteiger partial charge in [-0.3, -0.25) is 0 Å². The molecule has 0 spiro atoms. The van der Waals surface area contributed by atoms with Crippen LogP contribution < -0.4 is 15.4 Å². The van der Waals surface area contributed by atoms with E-state index in [0.29, 0.717) is 6.61 Å². The quantitative estimate of drug-likeness (QED) is 0.896. The maximum atomic E-state index is 6.13. The zero-order valence-corrected chi connectivity index (χ0v) is 13.6. The molecule has 3 nitrogen and oxygen atoms in total. The predicted molar refractivity (Wildman–Crippen MR) is 89.7 cm³/mol. The highest BCUT2D eigenvalue weighted by Gasteiger charge is 2.19. The van der Waals surface area contributed by atoms with Gasteiger partial charge in [-0.1, -0.05) is 40.2 Å². The number of halogens is 1. The number of rotatable bonds is 2. The maximum Gasteiger partial charge on any atom is 0.124 e. The van der Waals surface area contributed by atoms with Crippen LogP contribution in [0.1, 0.15) is 24.1 Å². The van der Waals surface area contributed by atoms with Crippen molar-refractivity contribution in [2.24, 2.45) is 5.73 Å². The number of benzene rings is 2. The van der Waals surface area contributed by atoms with Gasteiger partial charge in [-0.15, -0.1) is 0 Å². The summed E-state index contributed by atoms with van der Waals surface area (Å²) in [6.45, 7) is 4.40.